The molecule has 6 N–H and O–H groups in total. The molecule has 4 aromatic rings. The van der Waals surface area contributed by atoms with Crippen molar-refractivity contribution in [1.29, 1.82) is 0 Å². The van der Waals surface area contributed by atoms with Crippen LogP contribution in [0.3, 0.4) is 0 Å². The number of rotatable bonds is 21. The van der Waals surface area contributed by atoms with Crippen LogP contribution >= 0.6 is 0 Å². The predicted molar refractivity (Wildman–Crippen MR) is 219 cm³/mol. The molecule has 310 valence electrons. The molecule has 13 heteroatoms. The molecular weight excluding hydrogens is 743 g/mol. The van der Waals surface area contributed by atoms with Gasteiger partial charge in [0.25, 0.3) is 5.91 Å². The first-order valence-corrected chi connectivity index (χ1v) is 19.9. The highest BCUT2D eigenvalue weighted by molar-refractivity contribution is 6.03. The lowest BCUT2D eigenvalue weighted by Crippen LogP contribution is -2.38. The Morgan fingerprint density at radius 2 is 1.31 bits per heavy atom. The van der Waals surface area contributed by atoms with E-state index in [2.05, 4.69) is 15.8 Å². The number of aliphatic hydroxyl groups excluding tert-OH is 4. The molecule has 2 aliphatic rings. The number of methoxy groups -OCH3 is 2. The molecule has 2 unspecified atom stereocenters. The number of oxime groups is 1. The van der Waals surface area contributed by atoms with Gasteiger partial charge in [0.2, 0.25) is 5.75 Å². The number of unbranched alkanes of at least 4 members (excludes halogenated alkanes) is 6. The standard InChI is InChI=1S/C45H55N3O10/c1-28-11-13-37-35(17-28)45(53)47-44(46-37)29-12-14-39(34(18-29)26-51)56-15-9-7-5-4-6-8-10-16-57-43-41(54-2)21-30(22-42(43)55-3)38-23-40(58-48-38)31-19-32(24-49)36(27-52)33(20-31)25-50/h11-14,17-22,40,44,46,49-52H,4-10,15-16,23-27H2,1-3H3,(H,47,53). The summed E-state index contributed by atoms with van der Waals surface area (Å²) in [6.45, 7) is 2.05. The number of aryl methyl sites for hydroxylation is 1. The van der Waals surface area contributed by atoms with Crippen molar-refractivity contribution in [3.8, 4) is 23.0 Å². The zero-order valence-electron chi connectivity index (χ0n) is 33.5. The highest BCUT2D eigenvalue weighted by Crippen LogP contribution is 2.41. The summed E-state index contributed by atoms with van der Waals surface area (Å²) in [6.07, 6.45) is 6.78. The van der Waals surface area contributed by atoms with Gasteiger partial charge in [0.1, 0.15) is 11.9 Å². The SMILES string of the molecule is COc1cc(C2=NOC(c3cc(CO)c(CO)c(CO)c3)C2)cc(OC)c1OCCCCCCCCCOc1ccc(C2NC(=O)c3cc(C)ccc3N2)cc1CO. The van der Waals surface area contributed by atoms with Crippen molar-refractivity contribution in [2.24, 2.45) is 5.16 Å². The number of nitrogens with zero attached hydrogens (tertiary/aromatic N) is 1. The molecule has 6 rings (SSSR count). The third-order valence-corrected chi connectivity index (χ3v) is 10.7. The number of hydrogen-bond donors (Lipinski definition) is 6. The Balaban J connectivity index is 0.897. The van der Waals surface area contributed by atoms with E-state index in [1.807, 2.05) is 55.5 Å². The topological polar surface area (TPSA) is 181 Å². The minimum atomic E-state index is -0.426. The van der Waals surface area contributed by atoms with Crippen molar-refractivity contribution in [2.45, 2.75) is 97.0 Å². The van der Waals surface area contributed by atoms with E-state index in [1.165, 1.54) is 0 Å². The normalized spacial score (nSPS) is 15.8. The van der Waals surface area contributed by atoms with Crippen LogP contribution in [0.5, 0.6) is 23.0 Å². The van der Waals surface area contributed by atoms with E-state index in [-0.39, 0.29) is 32.3 Å². The van der Waals surface area contributed by atoms with Crippen molar-refractivity contribution in [3.05, 3.63) is 111 Å². The van der Waals surface area contributed by atoms with E-state index in [1.54, 1.807) is 26.4 Å². The summed E-state index contributed by atoms with van der Waals surface area (Å²) in [5.74, 6) is 2.10. The molecule has 2 atom stereocenters. The van der Waals surface area contributed by atoms with Crippen LogP contribution in [0.4, 0.5) is 5.69 Å². The summed E-state index contributed by atoms with van der Waals surface area (Å²) in [7, 11) is 3.17. The van der Waals surface area contributed by atoms with Crippen LogP contribution in [0.15, 0.2) is 65.8 Å². The first-order valence-electron chi connectivity index (χ1n) is 19.9. The summed E-state index contributed by atoms with van der Waals surface area (Å²) >= 11 is 0. The van der Waals surface area contributed by atoms with Crippen LogP contribution < -0.4 is 29.6 Å². The molecular formula is C45H55N3O10. The Labute approximate surface area is 339 Å². The average molecular weight is 798 g/mol. The van der Waals surface area contributed by atoms with E-state index >= 15 is 0 Å². The van der Waals surface area contributed by atoms with Crippen LogP contribution in [0.2, 0.25) is 0 Å². The number of carbonyl (C=O) groups excluding carboxylic acids is 1. The Morgan fingerprint density at radius 3 is 1.93 bits per heavy atom. The summed E-state index contributed by atoms with van der Waals surface area (Å²) in [5, 5.41) is 50.2. The van der Waals surface area contributed by atoms with E-state index in [9.17, 15) is 25.2 Å². The monoisotopic (exact) mass is 797 g/mol. The van der Waals surface area contributed by atoms with Crippen LogP contribution in [0.1, 0.15) is 119 Å². The Morgan fingerprint density at radius 1 is 0.690 bits per heavy atom. The van der Waals surface area contributed by atoms with Crippen molar-refractivity contribution in [2.75, 3.05) is 32.8 Å². The second kappa shape index (κ2) is 20.4. The highest BCUT2D eigenvalue weighted by Gasteiger charge is 2.28. The van der Waals surface area contributed by atoms with E-state index in [0.29, 0.717) is 76.2 Å². The Bertz CT molecular complexity index is 2020. The first-order chi connectivity index (χ1) is 28.3. The first kappa shape index (κ1) is 42.3. The highest BCUT2D eigenvalue weighted by atomic mass is 16.6. The van der Waals surface area contributed by atoms with Crippen molar-refractivity contribution in [1.82, 2.24) is 5.32 Å². The van der Waals surface area contributed by atoms with E-state index in [0.717, 1.165) is 72.9 Å². The average Bonchev–Trinajstić information content (AvgIpc) is 3.75. The van der Waals surface area contributed by atoms with Crippen molar-refractivity contribution >= 4 is 17.3 Å². The zero-order valence-corrected chi connectivity index (χ0v) is 33.5. The molecule has 58 heavy (non-hydrogen) atoms. The minimum Gasteiger partial charge on any atom is -0.493 e. The number of nitrogens with one attached hydrogen (secondary N) is 2. The van der Waals surface area contributed by atoms with Gasteiger partial charge in [0, 0.05) is 23.2 Å². The molecule has 0 fully saturated rings. The molecule has 0 bridgehead atoms. The number of anilines is 1. The quantitative estimate of drug-likeness (QED) is 0.0484. The molecule has 0 radical (unpaired) electrons. The van der Waals surface area contributed by atoms with Crippen LogP contribution in [0, 0.1) is 6.92 Å². The van der Waals surface area contributed by atoms with Gasteiger partial charge in [0.05, 0.1) is 65.1 Å². The third kappa shape index (κ3) is 10.0. The number of ether oxygens (including phenoxy) is 4. The van der Waals surface area contributed by atoms with E-state index in [4.69, 9.17) is 23.8 Å². The van der Waals surface area contributed by atoms with Gasteiger partial charge < -0.3 is 54.8 Å². The molecule has 4 aromatic carbocycles. The van der Waals surface area contributed by atoms with Gasteiger partial charge in [-0.1, -0.05) is 55.0 Å². The molecule has 1 amide bonds. The number of hydrogen-bond acceptors (Lipinski definition) is 12. The number of carbonyl (C=O) groups is 1. The number of fused-ring (bicyclic) bond motifs is 1. The second-order valence-corrected chi connectivity index (χ2v) is 14.6. The van der Waals surface area contributed by atoms with Gasteiger partial charge in [0.15, 0.2) is 17.6 Å². The number of amides is 1. The van der Waals surface area contributed by atoms with Crippen molar-refractivity contribution in [3.63, 3.8) is 0 Å². The van der Waals surface area contributed by atoms with Gasteiger partial charge in [-0.2, -0.15) is 0 Å². The maximum atomic E-state index is 12.7. The molecule has 2 heterocycles. The fourth-order valence-electron chi connectivity index (χ4n) is 7.44. The van der Waals surface area contributed by atoms with Crippen LogP contribution in [-0.4, -0.2) is 59.5 Å². The predicted octanol–water partition coefficient (Wildman–Crippen LogP) is 6.89. The van der Waals surface area contributed by atoms with Gasteiger partial charge in [-0.15, -0.1) is 0 Å². The molecule has 0 saturated heterocycles. The third-order valence-electron chi connectivity index (χ3n) is 10.7. The summed E-state index contributed by atoms with van der Waals surface area (Å²) in [6, 6.07) is 18.7. The van der Waals surface area contributed by atoms with Gasteiger partial charge in [-0.3, -0.25) is 4.79 Å². The largest absolute Gasteiger partial charge is 0.493 e. The molecule has 0 spiro atoms. The van der Waals surface area contributed by atoms with E-state index < -0.39 is 12.3 Å². The molecule has 13 nitrogen and oxygen atoms in total. The summed E-state index contributed by atoms with van der Waals surface area (Å²) < 4.78 is 23.6. The number of benzene rings is 4. The summed E-state index contributed by atoms with van der Waals surface area (Å²) in [5.41, 5.74) is 7.77. The summed E-state index contributed by atoms with van der Waals surface area (Å²) in [4.78, 5) is 18.5. The molecule has 0 saturated carbocycles. The Hall–Kier alpha value is -5.34. The number of aliphatic hydroxyl groups is 4. The molecule has 2 aliphatic heterocycles. The maximum Gasteiger partial charge on any atom is 0.255 e. The van der Waals surface area contributed by atoms with Gasteiger partial charge >= 0.3 is 0 Å². The fraction of sp³-hybridized carbons (Fsp3) is 0.422. The maximum absolute atomic E-state index is 12.7. The lowest BCUT2D eigenvalue weighted by atomic mass is 9.93. The van der Waals surface area contributed by atoms with Crippen LogP contribution in [0.25, 0.3) is 0 Å². The zero-order chi connectivity index (χ0) is 41.0. The lowest BCUT2D eigenvalue weighted by molar-refractivity contribution is 0.0853. The second-order valence-electron chi connectivity index (χ2n) is 14.6. The molecule has 0 aromatic heterocycles. The van der Waals surface area contributed by atoms with Gasteiger partial charge in [-0.25, -0.2) is 0 Å². The fourth-order valence-corrected chi connectivity index (χ4v) is 7.44. The minimum absolute atomic E-state index is 0.129. The Kier molecular flexibility index (Phi) is 14.9. The lowest BCUT2D eigenvalue weighted by Gasteiger charge is -2.29. The van der Waals surface area contributed by atoms with Crippen molar-refractivity contribution < 1.29 is 49.0 Å². The smallest absolute Gasteiger partial charge is 0.255 e. The van der Waals surface area contributed by atoms with Gasteiger partial charge in [-0.05, 0) is 96.1 Å². The van der Waals surface area contributed by atoms with Crippen LogP contribution in [-0.2, 0) is 31.3 Å². The molecule has 0 aliphatic carbocycles.